The van der Waals surface area contributed by atoms with E-state index in [1.54, 1.807) is 31.4 Å². The zero-order valence-electron chi connectivity index (χ0n) is 11.2. The first-order chi connectivity index (χ1) is 8.63. The van der Waals surface area contributed by atoms with Gasteiger partial charge in [0.05, 0.1) is 12.4 Å². The van der Waals surface area contributed by atoms with E-state index in [9.17, 15) is 4.79 Å². The van der Waals surface area contributed by atoms with E-state index in [4.69, 9.17) is 0 Å². The van der Waals surface area contributed by atoms with Gasteiger partial charge in [0.15, 0.2) is 0 Å². The number of nitrogens with one attached hydrogen (secondary N) is 2. The first-order valence-electron chi connectivity index (χ1n) is 6.13. The molecule has 0 spiro atoms. The molecule has 1 aromatic rings. The number of carbonyl (C=O) groups excluding carboxylic acids is 1. The van der Waals surface area contributed by atoms with Crippen LogP contribution in [0.4, 0.5) is 11.6 Å². The van der Waals surface area contributed by atoms with Crippen LogP contribution in [-0.2, 0) is 4.79 Å². The Kier molecular flexibility index (Phi) is 5.90. The van der Waals surface area contributed by atoms with Crippen molar-refractivity contribution in [1.29, 1.82) is 0 Å². The molecule has 6 heteroatoms. The third-order valence-corrected chi connectivity index (χ3v) is 2.33. The molecule has 0 aliphatic carbocycles. The zero-order chi connectivity index (χ0) is 13.4. The highest BCUT2D eigenvalue weighted by atomic mass is 16.2. The summed E-state index contributed by atoms with van der Waals surface area (Å²) >= 11 is 0. The first-order valence-corrected chi connectivity index (χ1v) is 6.13. The third kappa shape index (κ3) is 4.99. The van der Waals surface area contributed by atoms with Crippen LogP contribution >= 0.6 is 0 Å². The fraction of sp³-hybridized carbons (Fsp3) is 0.583. The van der Waals surface area contributed by atoms with Gasteiger partial charge in [0.25, 0.3) is 0 Å². The van der Waals surface area contributed by atoms with E-state index in [0.29, 0.717) is 18.8 Å². The summed E-state index contributed by atoms with van der Waals surface area (Å²) in [6.45, 7) is 3.52. The van der Waals surface area contributed by atoms with Gasteiger partial charge in [-0.25, -0.2) is 4.98 Å². The molecule has 1 amide bonds. The summed E-state index contributed by atoms with van der Waals surface area (Å²) in [6.07, 6.45) is 4.82. The van der Waals surface area contributed by atoms with Crippen molar-refractivity contribution in [2.45, 2.75) is 19.8 Å². The minimum atomic E-state index is 0.0933. The van der Waals surface area contributed by atoms with Crippen molar-refractivity contribution in [3.8, 4) is 0 Å². The molecule has 6 nitrogen and oxygen atoms in total. The van der Waals surface area contributed by atoms with E-state index in [-0.39, 0.29) is 5.91 Å². The highest BCUT2D eigenvalue weighted by molar-refractivity contribution is 5.76. The fourth-order valence-electron chi connectivity index (χ4n) is 1.31. The second-order valence-electron chi connectivity index (χ2n) is 4.18. The van der Waals surface area contributed by atoms with E-state index in [0.717, 1.165) is 18.8 Å². The average Bonchev–Trinajstić information content (AvgIpc) is 2.36. The smallest absolute Gasteiger partial charge is 0.223 e. The monoisotopic (exact) mass is 251 g/mol. The van der Waals surface area contributed by atoms with E-state index >= 15 is 0 Å². The quantitative estimate of drug-likeness (QED) is 0.761. The first kappa shape index (κ1) is 14.2. The second kappa shape index (κ2) is 7.47. The predicted molar refractivity (Wildman–Crippen MR) is 72.6 cm³/mol. The van der Waals surface area contributed by atoms with Crippen LogP contribution in [-0.4, -0.2) is 48.0 Å². The van der Waals surface area contributed by atoms with E-state index in [1.165, 1.54) is 0 Å². The van der Waals surface area contributed by atoms with Gasteiger partial charge in [0, 0.05) is 33.6 Å². The zero-order valence-corrected chi connectivity index (χ0v) is 11.2. The number of anilines is 2. The maximum absolute atomic E-state index is 11.4. The standard InChI is InChI=1S/C12H21N5O/c1-4-6-14-10-8-13-9-11(16-10)15-7-5-12(18)17(2)3/h8-9H,4-7H2,1-3H3,(H2,14,15,16). The largest absolute Gasteiger partial charge is 0.369 e. The molecule has 0 aromatic carbocycles. The van der Waals surface area contributed by atoms with Gasteiger partial charge < -0.3 is 15.5 Å². The van der Waals surface area contributed by atoms with Gasteiger partial charge in [-0.1, -0.05) is 6.92 Å². The van der Waals surface area contributed by atoms with Crippen molar-refractivity contribution in [2.75, 3.05) is 37.8 Å². The van der Waals surface area contributed by atoms with Gasteiger partial charge in [-0.05, 0) is 6.42 Å². The van der Waals surface area contributed by atoms with Gasteiger partial charge in [-0.2, -0.15) is 0 Å². The highest BCUT2D eigenvalue weighted by Crippen LogP contribution is 2.06. The van der Waals surface area contributed by atoms with Crippen LogP contribution in [0, 0.1) is 0 Å². The van der Waals surface area contributed by atoms with Crippen LogP contribution in [0.25, 0.3) is 0 Å². The van der Waals surface area contributed by atoms with E-state index < -0.39 is 0 Å². The van der Waals surface area contributed by atoms with Crippen molar-refractivity contribution < 1.29 is 4.79 Å². The van der Waals surface area contributed by atoms with Crippen LogP contribution in [0.3, 0.4) is 0 Å². The van der Waals surface area contributed by atoms with Crippen molar-refractivity contribution in [3.05, 3.63) is 12.4 Å². The number of amides is 1. The van der Waals surface area contributed by atoms with E-state index in [1.807, 2.05) is 0 Å². The maximum Gasteiger partial charge on any atom is 0.223 e. The summed E-state index contributed by atoms with van der Waals surface area (Å²) in [5.41, 5.74) is 0. The molecule has 0 bridgehead atoms. The van der Waals surface area contributed by atoms with Crippen molar-refractivity contribution >= 4 is 17.5 Å². The lowest BCUT2D eigenvalue weighted by Crippen LogP contribution is -2.24. The van der Waals surface area contributed by atoms with Crippen molar-refractivity contribution in [1.82, 2.24) is 14.9 Å². The number of hydrogen-bond donors (Lipinski definition) is 2. The molecule has 100 valence electrons. The summed E-state index contributed by atoms with van der Waals surface area (Å²) in [4.78, 5) is 21.4. The highest BCUT2D eigenvalue weighted by Gasteiger charge is 2.03. The molecule has 1 heterocycles. The molecule has 0 aliphatic heterocycles. The molecule has 0 aliphatic rings. The Bertz CT molecular complexity index is 380. The number of nitrogens with zero attached hydrogens (tertiary/aromatic N) is 3. The lowest BCUT2D eigenvalue weighted by atomic mass is 10.4. The lowest BCUT2D eigenvalue weighted by molar-refractivity contribution is -0.128. The summed E-state index contributed by atoms with van der Waals surface area (Å²) < 4.78 is 0. The fourth-order valence-corrected chi connectivity index (χ4v) is 1.31. The molecular formula is C12H21N5O. The lowest BCUT2D eigenvalue weighted by Gasteiger charge is -2.11. The molecule has 2 N–H and O–H groups in total. The van der Waals surface area contributed by atoms with E-state index in [2.05, 4.69) is 27.5 Å². The van der Waals surface area contributed by atoms with Crippen molar-refractivity contribution in [3.63, 3.8) is 0 Å². The molecule has 0 fully saturated rings. The van der Waals surface area contributed by atoms with Gasteiger partial charge in [-0.15, -0.1) is 0 Å². The Morgan fingerprint density at radius 2 is 1.83 bits per heavy atom. The molecular weight excluding hydrogens is 230 g/mol. The normalized spacial score (nSPS) is 9.94. The number of rotatable bonds is 7. The SMILES string of the molecule is CCCNc1cncc(NCCC(=O)N(C)C)n1. The molecule has 0 saturated carbocycles. The van der Waals surface area contributed by atoms with Crippen LogP contribution in [0.2, 0.25) is 0 Å². The molecule has 0 atom stereocenters. The van der Waals surface area contributed by atoms with Crippen LogP contribution in [0.15, 0.2) is 12.4 Å². The summed E-state index contributed by atoms with van der Waals surface area (Å²) in [6, 6.07) is 0. The van der Waals surface area contributed by atoms with Crippen LogP contribution in [0.1, 0.15) is 19.8 Å². The maximum atomic E-state index is 11.4. The minimum absolute atomic E-state index is 0.0933. The number of aromatic nitrogens is 2. The Labute approximate surface area is 108 Å². The molecule has 18 heavy (non-hydrogen) atoms. The summed E-state index contributed by atoms with van der Waals surface area (Å²) in [5.74, 6) is 1.53. The van der Waals surface area contributed by atoms with Crippen LogP contribution in [0.5, 0.6) is 0 Å². The summed E-state index contributed by atoms with van der Waals surface area (Å²) in [7, 11) is 3.49. The molecule has 0 unspecified atom stereocenters. The Morgan fingerprint density at radius 1 is 1.22 bits per heavy atom. The molecule has 0 saturated heterocycles. The Hall–Kier alpha value is -1.85. The molecule has 0 radical (unpaired) electrons. The number of hydrogen-bond acceptors (Lipinski definition) is 5. The minimum Gasteiger partial charge on any atom is -0.369 e. The molecule has 1 aromatic heterocycles. The predicted octanol–water partition coefficient (Wildman–Crippen LogP) is 1.19. The topological polar surface area (TPSA) is 70.2 Å². The van der Waals surface area contributed by atoms with Gasteiger partial charge in [0.1, 0.15) is 11.6 Å². The second-order valence-corrected chi connectivity index (χ2v) is 4.18. The van der Waals surface area contributed by atoms with Gasteiger partial charge in [-0.3, -0.25) is 9.78 Å². The van der Waals surface area contributed by atoms with Crippen molar-refractivity contribution in [2.24, 2.45) is 0 Å². The Balaban J connectivity index is 2.40. The Morgan fingerprint density at radius 3 is 2.39 bits per heavy atom. The third-order valence-electron chi connectivity index (χ3n) is 2.33. The molecule has 1 rings (SSSR count). The van der Waals surface area contributed by atoms with Gasteiger partial charge in [0.2, 0.25) is 5.91 Å². The summed E-state index contributed by atoms with van der Waals surface area (Å²) in [5, 5.41) is 6.25. The van der Waals surface area contributed by atoms with Crippen LogP contribution < -0.4 is 10.6 Å². The van der Waals surface area contributed by atoms with Gasteiger partial charge >= 0.3 is 0 Å². The average molecular weight is 251 g/mol. The number of carbonyl (C=O) groups is 1.